The van der Waals surface area contributed by atoms with Gasteiger partial charge in [-0.2, -0.15) is 13.2 Å². The molecule has 1 aromatic heterocycles. The summed E-state index contributed by atoms with van der Waals surface area (Å²) < 4.78 is 37.7. The lowest BCUT2D eigenvalue weighted by Crippen LogP contribution is -2.33. The number of fused-ring (bicyclic) bond motifs is 1. The number of carboxylic acid groups (broad SMARTS) is 1. The summed E-state index contributed by atoms with van der Waals surface area (Å²) >= 11 is 1.09. The van der Waals surface area contributed by atoms with Crippen molar-refractivity contribution in [1.29, 1.82) is 0 Å². The Morgan fingerprint density at radius 2 is 1.87 bits per heavy atom. The molecule has 0 spiro atoms. The molecule has 0 aliphatic heterocycles. The maximum absolute atomic E-state index is 12.9. The van der Waals surface area contributed by atoms with E-state index >= 15 is 0 Å². The van der Waals surface area contributed by atoms with Crippen LogP contribution in [0.2, 0.25) is 0 Å². The topological polar surface area (TPSA) is 50.2 Å². The highest BCUT2D eigenvalue weighted by molar-refractivity contribution is 8.01. The Kier molecular flexibility index (Phi) is 4.89. The highest BCUT2D eigenvalue weighted by Gasteiger charge is 2.37. The van der Waals surface area contributed by atoms with Crippen molar-refractivity contribution in [2.75, 3.05) is 0 Å². The van der Waals surface area contributed by atoms with E-state index < -0.39 is 22.5 Å². The maximum atomic E-state index is 12.9. The Hall–Kier alpha value is -1.76. The van der Waals surface area contributed by atoms with E-state index in [9.17, 15) is 23.1 Å². The summed E-state index contributed by atoms with van der Waals surface area (Å²) in [6, 6.07) is 4.88. The number of rotatable bonds is 5. The lowest BCUT2D eigenvalue weighted by Gasteiger charge is -2.26. The fourth-order valence-electron chi connectivity index (χ4n) is 2.34. The average Bonchev–Trinajstić information content (AvgIpc) is 2.51. The van der Waals surface area contributed by atoms with Crippen LogP contribution in [0, 0.1) is 0 Å². The van der Waals surface area contributed by atoms with Gasteiger partial charge < -0.3 is 5.11 Å². The molecule has 0 aliphatic rings. The standard InChI is InChI=1S/C16H16F3NO2S/c1-3-15(4-2,14(21)22)23-13-7-8-20-12-6-5-10(9-11(12)13)16(17,18)19/h5-9H,3-4H2,1-2H3,(H,21,22). The van der Waals surface area contributed by atoms with E-state index in [-0.39, 0.29) is 0 Å². The first-order valence-electron chi connectivity index (χ1n) is 7.12. The van der Waals surface area contributed by atoms with Gasteiger partial charge in [0, 0.05) is 16.5 Å². The molecule has 0 amide bonds. The monoisotopic (exact) mass is 343 g/mol. The van der Waals surface area contributed by atoms with Crippen LogP contribution >= 0.6 is 11.8 Å². The highest BCUT2D eigenvalue weighted by Crippen LogP contribution is 2.42. The number of thioether (sulfide) groups is 1. The minimum absolute atomic E-state index is 0.319. The molecule has 1 aromatic carbocycles. The van der Waals surface area contributed by atoms with Gasteiger partial charge >= 0.3 is 12.1 Å². The van der Waals surface area contributed by atoms with Gasteiger partial charge in [-0.3, -0.25) is 9.78 Å². The molecule has 2 rings (SSSR count). The van der Waals surface area contributed by atoms with E-state index in [4.69, 9.17) is 0 Å². The molecule has 0 saturated heterocycles. The third kappa shape index (κ3) is 3.44. The number of carboxylic acids is 1. The minimum atomic E-state index is -4.45. The molecule has 1 heterocycles. The number of hydrogen-bond donors (Lipinski definition) is 1. The summed E-state index contributed by atoms with van der Waals surface area (Å²) in [4.78, 5) is 16.2. The van der Waals surface area contributed by atoms with Gasteiger partial charge in [-0.15, -0.1) is 11.8 Å². The predicted molar refractivity (Wildman–Crippen MR) is 83.6 cm³/mol. The molecule has 0 aliphatic carbocycles. The van der Waals surface area contributed by atoms with Crippen LogP contribution in [-0.2, 0) is 11.0 Å². The second-order valence-electron chi connectivity index (χ2n) is 5.15. The number of carbonyl (C=O) groups is 1. The minimum Gasteiger partial charge on any atom is -0.480 e. The molecule has 3 nitrogen and oxygen atoms in total. The van der Waals surface area contributed by atoms with Gasteiger partial charge in [-0.05, 0) is 37.1 Å². The van der Waals surface area contributed by atoms with Crippen LogP contribution in [0.1, 0.15) is 32.3 Å². The van der Waals surface area contributed by atoms with Crippen LogP contribution in [0.3, 0.4) is 0 Å². The quantitative estimate of drug-likeness (QED) is 0.777. The lowest BCUT2D eigenvalue weighted by molar-refractivity contribution is -0.140. The van der Waals surface area contributed by atoms with Crippen molar-refractivity contribution in [3.8, 4) is 0 Å². The number of nitrogens with zero attached hydrogens (tertiary/aromatic N) is 1. The first-order chi connectivity index (χ1) is 10.7. The second kappa shape index (κ2) is 6.39. The molecular weight excluding hydrogens is 327 g/mol. The number of pyridine rings is 1. The first-order valence-corrected chi connectivity index (χ1v) is 7.93. The summed E-state index contributed by atoms with van der Waals surface area (Å²) in [5, 5.41) is 9.84. The van der Waals surface area contributed by atoms with Crippen LogP contribution in [0.5, 0.6) is 0 Å². The molecule has 0 bridgehead atoms. The molecule has 0 radical (unpaired) electrons. The predicted octanol–water partition coefficient (Wildman–Crippen LogP) is 4.99. The molecule has 0 atom stereocenters. The Morgan fingerprint density at radius 3 is 2.39 bits per heavy atom. The van der Waals surface area contributed by atoms with Crippen molar-refractivity contribution in [1.82, 2.24) is 4.98 Å². The summed E-state index contributed by atoms with van der Waals surface area (Å²) in [5.74, 6) is -0.968. The number of benzene rings is 1. The van der Waals surface area contributed by atoms with Gasteiger partial charge in [-0.25, -0.2) is 0 Å². The molecule has 0 unspecified atom stereocenters. The van der Waals surface area contributed by atoms with Gasteiger partial charge in [0.2, 0.25) is 0 Å². The zero-order valence-corrected chi connectivity index (χ0v) is 13.5. The molecule has 0 fully saturated rings. The van der Waals surface area contributed by atoms with Crippen molar-refractivity contribution < 1.29 is 23.1 Å². The van der Waals surface area contributed by atoms with Crippen LogP contribution in [0.15, 0.2) is 35.4 Å². The van der Waals surface area contributed by atoms with Crippen molar-refractivity contribution >= 4 is 28.6 Å². The van der Waals surface area contributed by atoms with E-state index in [0.717, 1.165) is 23.9 Å². The zero-order valence-electron chi connectivity index (χ0n) is 12.6. The van der Waals surface area contributed by atoms with Crippen molar-refractivity contribution in [3.05, 3.63) is 36.0 Å². The summed E-state index contributed by atoms with van der Waals surface area (Å²) in [6.07, 6.45) is -2.24. The summed E-state index contributed by atoms with van der Waals surface area (Å²) in [7, 11) is 0. The third-order valence-corrected chi connectivity index (χ3v) is 5.58. The van der Waals surface area contributed by atoms with Gasteiger partial charge in [0.05, 0.1) is 11.1 Å². The third-order valence-electron chi connectivity index (χ3n) is 3.87. The number of halogens is 3. The number of aromatic nitrogens is 1. The molecule has 124 valence electrons. The Labute approximate surface area is 135 Å². The molecule has 7 heteroatoms. The Bertz CT molecular complexity index is 727. The smallest absolute Gasteiger partial charge is 0.416 e. The van der Waals surface area contributed by atoms with Crippen LogP contribution in [0.25, 0.3) is 10.9 Å². The van der Waals surface area contributed by atoms with E-state index in [1.807, 2.05) is 0 Å². The molecule has 1 N–H and O–H groups in total. The largest absolute Gasteiger partial charge is 0.480 e. The number of alkyl halides is 3. The van der Waals surface area contributed by atoms with Crippen LogP contribution < -0.4 is 0 Å². The number of aliphatic carboxylic acids is 1. The van der Waals surface area contributed by atoms with E-state index in [1.54, 1.807) is 19.9 Å². The summed E-state index contributed by atoms with van der Waals surface area (Å²) in [6.45, 7) is 3.52. The number of hydrogen-bond acceptors (Lipinski definition) is 3. The zero-order chi connectivity index (χ0) is 17.3. The van der Waals surface area contributed by atoms with Gasteiger partial charge in [0.25, 0.3) is 0 Å². The normalized spacial score (nSPS) is 12.6. The van der Waals surface area contributed by atoms with E-state index in [1.165, 1.54) is 12.3 Å². The SMILES string of the molecule is CCC(CC)(Sc1ccnc2ccc(C(F)(F)F)cc12)C(=O)O. The fraction of sp³-hybridized carbons (Fsp3) is 0.375. The van der Waals surface area contributed by atoms with Crippen LogP contribution in [-0.4, -0.2) is 20.8 Å². The molecular formula is C16H16F3NO2S. The molecule has 2 aromatic rings. The van der Waals surface area contributed by atoms with Crippen LogP contribution in [0.4, 0.5) is 13.2 Å². The van der Waals surface area contributed by atoms with Gasteiger partial charge in [0.1, 0.15) is 4.75 Å². The highest BCUT2D eigenvalue weighted by atomic mass is 32.2. The average molecular weight is 343 g/mol. The van der Waals surface area contributed by atoms with Crippen molar-refractivity contribution in [2.24, 2.45) is 0 Å². The van der Waals surface area contributed by atoms with Crippen molar-refractivity contribution in [3.63, 3.8) is 0 Å². The second-order valence-corrected chi connectivity index (χ2v) is 6.57. The van der Waals surface area contributed by atoms with E-state index in [0.29, 0.717) is 28.6 Å². The van der Waals surface area contributed by atoms with E-state index in [2.05, 4.69) is 4.98 Å². The summed E-state index contributed by atoms with van der Waals surface area (Å²) in [5.41, 5.74) is -0.358. The Morgan fingerprint density at radius 1 is 1.22 bits per heavy atom. The lowest BCUT2D eigenvalue weighted by atomic mass is 10.0. The Balaban J connectivity index is 2.58. The van der Waals surface area contributed by atoms with Crippen molar-refractivity contribution in [2.45, 2.75) is 42.5 Å². The fourth-order valence-corrected chi connectivity index (χ4v) is 3.54. The maximum Gasteiger partial charge on any atom is 0.416 e. The van der Waals surface area contributed by atoms with Gasteiger partial charge in [-0.1, -0.05) is 13.8 Å². The first kappa shape index (κ1) is 17.6. The molecule has 23 heavy (non-hydrogen) atoms. The van der Waals surface area contributed by atoms with Gasteiger partial charge in [0.15, 0.2) is 0 Å². The molecule has 0 saturated carbocycles.